The minimum Gasteiger partial charge on any atom is -0.383 e. The van der Waals surface area contributed by atoms with Gasteiger partial charge >= 0.3 is 5.69 Å². The number of carbonyl (C=O) groups is 3. The number of benzene rings is 1. The molecule has 0 saturated carbocycles. The van der Waals surface area contributed by atoms with Gasteiger partial charge in [0.25, 0.3) is 23.3 Å². The molecule has 0 aliphatic carbocycles. The summed E-state index contributed by atoms with van der Waals surface area (Å²) in [7, 11) is 0. The first-order valence-electron chi connectivity index (χ1n) is 11.7. The Hall–Kier alpha value is -3.34. The molecule has 1 unspecified atom stereocenters. The molecule has 3 amide bonds. The summed E-state index contributed by atoms with van der Waals surface area (Å²) in [5.74, 6) is -1.28. The van der Waals surface area contributed by atoms with Gasteiger partial charge in [0.1, 0.15) is 11.9 Å². The van der Waals surface area contributed by atoms with Gasteiger partial charge in [0.15, 0.2) is 5.69 Å². The van der Waals surface area contributed by atoms with Crippen molar-refractivity contribution in [3.05, 3.63) is 56.2 Å². The molecule has 3 N–H and O–H groups in total. The number of nitrogens with two attached hydrogens (primary N) is 1. The van der Waals surface area contributed by atoms with Crippen molar-refractivity contribution in [1.29, 1.82) is 0 Å². The Kier molecular flexibility index (Phi) is 8.55. The predicted molar refractivity (Wildman–Crippen MR) is 137 cm³/mol. The second-order valence-corrected chi connectivity index (χ2v) is 9.30. The summed E-state index contributed by atoms with van der Waals surface area (Å²) in [4.78, 5) is 70.1. The molecule has 0 radical (unpaired) electrons. The van der Waals surface area contributed by atoms with Gasteiger partial charge in [0.2, 0.25) is 0 Å². The number of amides is 3. The maximum Gasteiger partial charge on any atom is 0.330 e. The predicted octanol–water partition coefficient (Wildman–Crippen LogP) is 2.08. The molecular weight excluding hydrogens is 470 g/mol. The summed E-state index contributed by atoms with van der Waals surface area (Å²) in [6.45, 7) is 4.20. The summed E-state index contributed by atoms with van der Waals surface area (Å²) >= 11 is 1.48. The zero-order valence-corrected chi connectivity index (χ0v) is 21.0. The number of anilines is 2. The number of nitrogens with one attached hydrogen (secondary N) is 1. The van der Waals surface area contributed by atoms with E-state index < -0.39 is 35.0 Å². The quantitative estimate of drug-likeness (QED) is 0.450. The van der Waals surface area contributed by atoms with Crippen LogP contribution < -0.4 is 21.9 Å². The Balaban J connectivity index is 2.12. The number of thioether (sulfide) groups is 1. The molecule has 10 nitrogen and oxygen atoms in total. The Morgan fingerprint density at radius 1 is 1.09 bits per heavy atom. The SMILES string of the molecule is CCCCN(C(=O)C(CCSC)N1C(=O)c2ccccc2C1=O)c1c(N)n(CCC)c(=O)[nH]c1=O. The highest BCUT2D eigenvalue weighted by Gasteiger charge is 2.44. The molecule has 35 heavy (non-hydrogen) atoms. The first-order chi connectivity index (χ1) is 16.8. The number of unbranched alkanes of at least 4 members (excludes halogenated alkanes) is 1. The monoisotopic (exact) mass is 501 g/mol. The molecule has 0 fully saturated rings. The van der Waals surface area contributed by atoms with Crippen LogP contribution in [0, 0.1) is 0 Å². The molecule has 0 bridgehead atoms. The van der Waals surface area contributed by atoms with Crippen LogP contribution in [0.15, 0.2) is 33.9 Å². The maximum atomic E-state index is 14.0. The lowest BCUT2D eigenvalue weighted by molar-refractivity contribution is -0.122. The van der Waals surface area contributed by atoms with Crippen LogP contribution >= 0.6 is 11.8 Å². The minimum absolute atomic E-state index is 0.115. The summed E-state index contributed by atoms with van der Waals surface area (Å²) in [6, 6.07) is 5.32. The van der Waals surface area contributed by atoms with Crippen LogP contribution in [0.25, 0.3) is 0 Å². The van der Waals surface area contributed by atoms with Crippen molar-refractivity contribution in [1.82, 2.24) is 14.5 Å². The average molecular weight is 502 g/mol. The standard InChI is InChI=1S/C24H31N5O5S/c1-4-6-13-27(18-19(25)28(12-5-2)24(34)26-20(18)30)23(33)17(11-14-35-3)29-21(31)15-9-7-8-10-16(15)22(29)32/h7-10,17H,4-6,11-14,25H2,1-3H3,(H,26,30,34). The fraction of sp³-hybridized carbons (Fsp3) is 0.458. The molecule has 1 aromatic heterocycles. The van der Waals surface area contributed by atoms with E-state index in [0.29, 0.717) is 18.6 Å². The highest BCUT2D eigenvalue weighted by molar-refractivity contribution is 7.98. The fourth-order valence-electron chi connectivity index (χ4n) is 4.20. The van der Waals surface area contributed by atoms with E-state index in [1.54, 1.807) is 24.3 Å². The lowest BCUT2D eigenvalue weighted by Crippen LogP contribution is -2.53. The molecule has 0 saturated heterocycles. The van der Waals surface area contributed by atoms with Crippen molar-refractivity contribution >= 4 is 41.0 Å². The number of fused-ring (bicyclic) bond motifs is 1. The third kappa shape index (κ3) is 5.04. The Bertz CT molecular complexity index is 1200. The summed E-state index contributed by atoms with van der Waals surface area (Å²) in [5, 5.41) is 0. The van der Waals surface area contributed by atoms with Crippen molar-refractivity contribution in [3.8, 4) is 0 Å². The molecule has 1 aromatic carbocycles. The van der Waals surface area contributed by atoms with Gasteiger partial charge in [-0.25, -0.2) is 4.79 Å². The van der Waals surface area contributed by atoms with Gasteiger partial charge in [0, 0.05) is 13.1 Å². The number of H-pyrrole nitrogens is 1. The number of aromatic nitrogens is 2. The first-order valence-corrected chi connectivity index (χ1v) is 13.1. The van der Waals surface area contributed by atoms with E-state index in [1.807, 2.05) is 20.1 Å². The first kappa shape index (κ1) is 26.3. The van der Waals surface area contributed by atoms with Crippen molar-refractivity contribution in [2.75, 3.05) is 29.2 Å². The van der Waals surface area contributed by atoms with E-state index in [1.165, 1.54) is 21.2 Å². The van der Waals surface area contributed by atoms with Crippen molar-refractivity contribution in [2.24, 2.45) is 0 Å². The molecule has 3 rings (SSSR count). The molecule has 188 valence electrons. The van der Waals surface area contributed by atoms with E-state index in [4.69, 9.17) is 5.73 Å². The van der Waals surface area contributed by atoms with Gasteiger partial charge in [0.05, 0.1) is 11.1 Å². The van der Waals surface area contributed by atoms with Crippen molar-refractivity contribution in [3.63, 3.8) is 0 Å². The van der Waals surface area contributed by atoms with Crippen LogP contribution in [-0.2, 0) is 11.3 Å². The average Bonchev–Trinajstić information content (AvgIpc) is 3.09. The third-order valence-electron chi connectivity index (χ3n) is 5.95. The van der Waals surface area contributed by atoms with Crippen LogP contribution in [0.2, 0.25) is 0 Å². The molecular formula is C24H31N5O5S. The maximum absolute atomic E-state index is 14.0. The number of imide groups is 1. The van der Waals surface area contributed by atoms with E-state index in [-0.39, 0.29) is 42.1 Å². The largest absolute Gasteiger partial charge is 0.383 e. The van der Waals surface area contributed by atoms with Gasteiger partial charge < -0.3 is 10.6 Å². The van der Waals surface area contributed by atoms with E-state index >= 15 is 0 Å². The summed E-state index contributed by atoms with van der Waals surface area (Å²) < 4.78 is 1.22. The number of hydrogen-bond acceptors (Lipinski definition) is 7. The number of rotatable bonds is 11. The topological polar surface area (TPSA) is 139 Å². The van der Waals surface area contributed by atoms with Gasteiger partial charge in [-0.3, -0.25) is 33.6 Å². The molecule has 2 heterocycles. The summed E-state index contributed by atoms with van der Waals surface area (Å²) in [6.07, 6.45) is 3.93. The number of hydrogen-bond donors (Lipinski definition) is 2. The lowest BCUT2D eigenvalue weighted by Gasteiger charge is -2.32. The fourth-order valence-corrected chi connectivity index (χ4v) is 4.65. The zero-order chi connectivity index (χ0) is 25.7. The second-order valence-electron chi connectivity index (χ2n) is 8.31. The van der Waals surface area contributed by atoms with Crippen LogP contribution in [0.1, 0.15) is 60.2 Å². The number of nitrogens with zero attached hydrogens (tertiary/aromatic N) is 3. The molecule has 0 spiro atoms. The van der Waals surface area contributed by atoms with Gasteiger partial charge in [-0.15, -0.1) is 0 Å². The molecule has 1 atom stereocenters. The number of carbonyl (C=O) groups excluding carboxylic acids is 3. The van der Waals surface area contributed by atoms with E-state index in [0.717, 1.165) is 11.3 Å². The van der Waals surface area contributed by atoms with Crippen LogP contribution in [0.5, 0.6) is 0 Å². The van der Waals surface area contributed by atoms with E-state index in [2.05, 4.69) is 4.98 Å². The Morgan fingerprint density at radius 3 is 2.26 bits per heavy atom. The smallest absolute Gasteiger partial charge is 0.330 e. The number of aromatic amines is 1. The number of nitrogen functional groups attached to an aromatic ring is 1. The molecule has 1 aliphatic heterocycles. The minimum atomic E-state index is -1.13. The van der Waals surface area contributed by atoms with E-state index in [9.17, 15) is 24.0 Å². The van der Waals surface area contributed by atoms with Crippen LogP contribution in [0.3, 0.4) is 0 Å². The van der Waals surface area contributed by atoms with Crippen LogP contribution in [-0.4, -0.2) is 56.8 Å². The van der Waals surface area contributed by atoms with Gasteiger partial charge in [-0.1, -0.05) is 32.4 Å². The second kappa shape index (κ2) is 11.4. The van der Waals surface area contributed by atoms with Gasteiger partial charge in [-0.05, 0) is 43.4 Å². The van der Waals surface area contributed by atoms with Crippen molar-refractivity contribution in [2.45, 2.75) is 52.1 Å². The molecule has 2 aromatic rings. The Labute approximate surface area is 207 Å². The van der Waals surface area contributed by atoms with Crippen LogP contribution in [0.4, 0.5) is 11.5 Å². The molecule has 11 heteroatoms. The molecule has 1 aliphatic rings. The summed E-state index contributed by atoms with van der Waals surface area (Å²) in [5.41, 5.74) is 5.17. The normalized spacial score (nSPS) is 13.7. The highest BCUT2D eigenvalue weighted by atomic mass is 32.2. The third-order valence-corrected chi connectivity index (χ3v) is 6.59. The van der Waals surface area contributed by atoms with Crippen molar-refractivity contribution < 1.29 is 14.4 Å². The zero-order valence-electron chi connectivity index (χ0n) is 20.2. The Morgan fingerprint density at radius 2 is 1.71 bits per heavy atom. The lowest BCUT2D eigenvalue weighted by atomic mass is 10.1. The highest BCUT2D eigenvalue weighted by Crippen LogP contribution is 2.28. The van der Waals surface area contributed by atoms with Gasteiger partial charge in [-0.2, -0.15) is 11.8 Å².